The van der Waals surface area contributed by atoms with E-state index in [-0.39, 0.29) is 0 Å². The van der Waals surface area contributed by atoms with E-state index in [1.807, 2.05) is 15.9 Å². The number of fused-ring (bicyclic) bond motifs is 1. The Kier molecular flexibility index (Phi) is 4.47. The highest BCUT2D eigenvalue weighted by molar-refractivity contribution is 9.10. The second kappa shape index (κ2) is 6.46. The average Bonchev–Trinajstić information content (AvgIpc) is 3.26. The van der Waals surface area contributed by atoms with Crippen LogP contribution in [0, 0.1) is 0 Å². The van der Waals surface area contributed by atoms with Gasteiger partial charge in [-0.2, -0.15) is 0 Å². The van der Waals surface area contributed by atoms with Crippen molar-refractivity contribution in [3.05, 3.63) is 20.7 Å². The number of thioether (sulfide) groups is 1. The fraction of sp³-hybridized carbons (Fsp3) is 0.562. The average molecular weight is 428 g/mol. The zero-order valence-corrected chi connectivity index (χ0v) is 16.5. The molecule has 2 aliphatic rings. The van der Waals surface area contributed by atoms with Gasteiger partial charge in [0, 0.05) is 4.88 Å². The molecule has 8 heteroatoms. The van der Waals surface area contributed by atoms with Crippen LogP contribution in [0.3, 0.4) is 0 Å². The minimum Gasteiger partial charge on any atom is -0.480 e. The zero-order chi connectivity index (χ0) is 16.8. The third-order valence-electron chi connectivity index (χ3n) is 4.61. The number of halogens is 1. The minimum absolute atomic E-state index is 0.557. The molecule has 0 radical (unpaired) electrons. The summed E-state index contributed by atoms with van der Waals surface area (Å²) in [6, 6.07) is 0. The Morgan fingerprint density at radius 1 is 1.33 bits per heavy atom. The lowest BCUT2D eigenvalue weighted by atomic mass is 9.92. The highest BCUT2D eigenvalue weighted by Crippen LogP contribution is 2.50. The lowest BCUT2D eigenvalue weighted by Crippen LogP contribution is -2.13. The van der Waals surface area contributed by atoms with Gasteiger partial charge in [0.15, 0.2) is 5.16 Å². The van der Waals surface area contributed by atoms with Crippen LogP contribution in [0.2, 0.25) is 0 Å². The second-order valence-electron chi connectivity index (χ2n) is 6.40. The summed E-state index contributed by atoms with van der Waals surface area (Å²) in [5.41, 5.74) is 2.98. The Morgan fingerprint density at radius 3 is 2.71 bits per heavy atom. The van der Waals surface area contributed by atoms with E-state index in [0.717, 1.165) is 12.3 Å². The van der Waals surface area contributed by atoms with E-state index in [2.05, 4.69) is 26.1 Å². The molecular formula is C16H18BrN3O2S2. The van der Waals surface area contributed by atoms with Crippen molar-refractivity contribution in [3.63, 3.8) is 0 Å². The monoisotopic (exact) mass is 427 g/mol. The molecule has 4 rings (SSSR count). The van der Waals surface area contributed by atoms with Crippen molar-refractivity contribution in [2.45, 2.75) is 61.8 Å². The Bertz CT molecular complexity index is 798. The van der Waals surface area contributed by atoms with Gasteiger partial charge < -0.3 is 5.11 Å². The highest BCUT2D eigenvalue weighted by Gasteiger charge is 2.33. The van der Waals surface area contributed by atoms with Gasteiger partial charge in [-0.05, 0) is 78.4 Å². The minimum atomic E-state index is -0.836. The van der Waals surface area contributed by atoms with Gasteiger partial charge in [-0.25, -0.2) is 0 Å². The van der Waals surface area contributed by atoms with Crippen LogP contribution in [0.25, 0.3) is 5.00 Å². The van der Waals surface area contributed by atoms with Crippen LogP contribution >= 0.6 is 39.0 Å². The Hall–Kier alpha value is -0.860. The van der Waals surface area contributed by atoms with Gasteiger partial charge in [-0.15, -0.1) is 21.5 Å². The molecule has 128 valence electrons. The van der Waals surface area contributed by atoms with Crippen molar-refractivity contribution in [2.24, 2.45) is 0 Å². The smallest absolute Gasteiger partial charge is 0.316 e. The number of carboxylic acids is 1. The molecule has 0 aromatic carbocycles. The highest BCUT2D eigenvalue weighted by atomic mass is 79.9. The number of aliphatic carboxylic acids is 1. The fourth-order valence-corrected chi connectivity index (χ4v) is 6.28. The van der Waals surface area contributed by atoms with Crippen LogP contribution in [0.15, 0.2) is 9.89 Å². The first-order valence-electron chi connectivity index (χ1n) is 8.21. The summed E-state index contributed by atoms with van der Waals surface area (Å²) in [5, 5.41) is 18.8. The largest absolute Gasteiger partial charge is 0.480 e. The third kappa shape index (κ3) is 2.93. The number of carbonyl (C=O) groups is 1. The van der Waals surface area contributed by atoms with E-state index in [0.29, 0.717) is 9.89 Å². The molecule has 0 bridgehead atoms. The summed E-state index contributed by atoms with van der Waals surface area (Å²) in [7, 11) is 0. The lowest BCUT2D eigenvalue weighted by Gasteiger charge is -2.15. The topological polar surface area (TPSA) is 68.0 Å². The SMILES string of the molecule is C[C@H](Sc1nnc(Br)n1-c1sc(C2CC2)c2c1CCCC2)C(=O)O. The van der Waals surface area contributed by atoms with E-state index >= 15 is 0 Å². The standard InChI is InChI=1S/C16H18BrN3O2S2/c1-8(14(21)22)23-16-19-18-15(17)20(16)13-11-5-3-2-4-10(11)12(24-13)9-6-7-9/h8-9H,2-7H2,1H3,(H,21,22)/t8-/m0/s1. The number of hydrogen-bond donors (Lipinski definition) is 1. The molecule has 1 saturated carbocycles. The van der Waals surface area contributed by atoms with Crippen LogP contribution in [-0.4, -0.2) is 31.1 Å². The maximum atomic E-state index is 11.2. The fourth-order valence-electron chi connectivity index (χ4n) is 3.20. The summed E-state index contributed by atoms with van der Waals surface area (Å²) >= 11 is 6.61. The molecule has 0 amide bonds. The van der Waals surface area contributed by atoms with Crippen molar-refractivity contribution >= 4 is 45.0 Å². The lowest BCUT2D eigenvalue weighted by molar-refractivity contribution is -0.136. The predicted octanol–water partition coefficient (Wildman–Crippen LogP) is 4.41. The van der Waals surface area contributed by atoms with Crippen molar-refractivity contribution in [1.82, 2.24) is 14.8 Å². The number of hydrogen-bond acceptors (Lipinski definition) is 5. The summed E-state index contributed by atoms with van der Waals surface area (Å²) in [5.74, 6) is -0.0996. The van der Waals surface area contributed by atoms with Crippen LogP contribution in [0.1, 0.15) is 54.5 Å². The molecular weight excluding hydrogens is 410 g/mol. The summed E-state index contributed by atoms with van der Waals surface area (Å²) in [6.07, 6.45) is 7.35. The second-order valence-corrected chi connectivity index (χ2v) is 9.44. The van der Waals surface area contributed by atoms with E-state index < -0.39 is 11.2 Å². The molecule has 0 unspecified atom stereocenters. The van der Waals surface area contributed by atoms with Crippen molar-refractivity contribution in [1.29, 1.82) is 0 Å². The van der Waals surface area contributed by atoms with Crippen LogP contribution < -0.4 is 0 Å². The number of nitrogens with zero attached hydrogens (tertiary/aromatic N) is 3. The van der Waals surface area contributed by atoms with E-state index in [4.69, 9.17) is 0 Å². The van der Waals surface area contributed by atoms with Gasteiger partial charge in [-0.1, -0.05) is 11.8 Å². The molecule has 1 N–H and O–H groups in total. The van der Waals surface area contributed by atoms with E-state index in [9.17, 15) is 9.90 Å². The van der Waals surface area contributed by atoms with Crippen LogP contribution in [-0.2, 0) is 17.6 Å². The van der Waals surface area contributed by atoms with Gasteiger partial charge in [0.2, 0.25) is 4.73 Å². The van der Waals surface area contributed by atoms with E-state index in [1.54, 1.807) is 17.4 Å². The first kappa shape index (κ1) is 16.6. The molecule has 2 aromatic rings. The van der Waals surface area contributed by atoms with Crippen molar-refractivity contribution < 1.29 is 9.90 Å². The van der Waals surface area contributed by atoms with E-state index in [1.165, 1.54) is 54.4 Å². The first-order chi connectivity index (χ1) is 11.6. The molecule has 0 spiro atoms. The molecule has 0 saturated heterocycles. The third-order valence-corrected chi connectivity index (χ3v) is 7.57. The molecule has 24 heavy (non-hydrogen) atoms. The molecule has 2 heterocycles. The van der Waals surface area contributed by atoms with Gasteiger partial charge in [0.1, 0.15) is 10.3 Å². The summed E-state index contributed by atoms with van der Waals surface area (Å²) in [6.45, 7) is 1.68. The number of thiophene rings is 1. The number of carboxylic acid groups (broad SMARTS) is 1. The molecule has 1 fully saturated rings. The first-order valence-corrected chi connectivity index (χ1v) is 10.7. The van der Waals surface area contributed by atoms with Gasteiger partial charge >= 0.3 is 5.97 Å². The molecule has 5 nitrogen and oxygen atoms in total. The van der Waals surface area contributed by atoms with Gasteiger partial charge in [0.25, 0.3) is 0 Å². The molecule has 0 aliphatic heterocycles. The van der Waals surface area contributed by atoms with Crippen molar-refractivity contribution in [2.75, 3.05) is 0 Å². The normalized spacial score (nSPS) is 18.4. The Morgan fingerprint density at radius 2 is 2.04 bits per heavy atom. The summed E-state index contributed by atoms with van der Waals surface area (Å²) in [4.78, 5) is 12.7. The summed E-state index contributed by atoms with van der Waals surface area (Å²) < 4.78 is 2.66. The zero-order valence-electron chi connectivity index (χ0n) is 13.3. The Labute approximate surface area is 157 Å². The molecule has 2 aliphatic carbocycles. The maximum absolute atomic E-state index is 11.2. The number of aromatic nitrogens is 3. The molecule has 2 aromatic heterocycles. The Balaban J connectivity index is 1.79. The quantitative estimate of drug-likeness (QED) is 0.715. The van der Waals surface area contributed by atoms with Gasteiger partial charge in [-0.3, -0.25) is 9.36 Å². The molecule has 1 atom stereocenters. The predicted molar refractivity (Wildman–Crippen MR) is 98.5 cm³/mol. The van der Waals surface area contributed by atoms with Crippen molar-refractivity contribution in [3.8, 4) is 5.00 Å². The number of rotatable bonds is 5. The maximum Gasteiger partial charge on any atom is 0.316 e. The van der Waals surface area contributed by atoms with Crippen LogP contribution in [0.5, 0.6) is 0 Å². The van der Waals surface area contributed by atoms with Gasteiger partial charge in [0.05, 0.1) is 0 Å². The van der Waals surface area contributed by atoms with Crippen LogP contribution in [0.4, 0.5) is 0 Å².